The quantitative estimate of drug-likeness (QED) is 0.415. The molecule has 3 fully saturated rings. The van der Waals surface area contributed by atoms with E-state index in [4.69, 9.17) is 0 Å². The Bertz CT molecular complexity index is 817. The van der Waals surface area contributed by atoms with Gasteiger partial charge in [0.1, 0.15) is 0 Å². The number of nitrogens with one attached hydrogen (secondary N) is 1. The molecule has 0 aromatic heterocycles. The molecule has 4 aliphatic rings. The van der Waals surface area contributed by atoms with Crippen molar-refractivity contribution >= 4 is 10.0 Å². The van der Waals surface area contributed by atoms with Crippen LogP contribution in [0.3, 0.4) is 0 Å². The maximum Gasteiger partial charge on any atom is 0.208 e. The van der Waals surface area contributed by atoms with Crippen LogP contribution >= 0.6 is 0 Å². The van der Waals surface area contributed by atoms with E-state index >= 15 is 0 Å². The van der Waals surface area contributed by atoms with Gasteiger partial charge in [-0.05, 0) is 97.7 Å². The predicted octanol–water partition coefficient (Wildman–Crippen LogP) is 6.95. The van der Waals surface area contributed by atoms with Crippen LogP contribution in [-0.2, 0) is 10.0 Å². The van der Waals surface area contributed by atoms with Crippen LogP contribution in [0.15, 0.2) is 11.6 Å². The minimum absolute atomic E-state index is 0.0947. The summed E-state index contributed by atoms with van der Waals surface area (Å²) in [5, 5.41) is 0. The zero-order valence-corrected chi connectivity index (χ0v) is 22.4. The van der Waals surface area contributed by atoms with Gasteiger partial charge in [0.05, 0.1) is 6.26 Å². The molecule has 3 nitrogen and oxygen atoms in total. The average molecular weight is 464 g/mol. The molecule has 0 aromatic carbocycles. The van der Waals surface area contributed by atoms with E-state index in [2.05, 4.69) is 45.4 Å². The van der Waals surface area contributed by atoms with Crippen LogP contribution in [0.4, 0.5) is 0 Å². The fourth-order valence-corrected chi connectivity index (χ4v) is 9.90. The Hall–Kier alpha value is -0.350. The first-order valence-electron chi connectivity index (χ1n) is 13.6. The minimum Gasteiger partial charge on any atom is -0.213 e. The van der Waals surface area contributed by atoms with E-state index in [0.29, 0.717) is 10.8 Å². The highest BCUT2D eigenvalue weighted by Gasteiger charge is 2.59. The second kappa shape index (κ2) is 9.02. The highest BCUT2D eigenvalue weighted by atomic mass is 32.2. The molecular weight excluding hydrogens is 414 g/mol. The molecule has 0 bridgehead atoms. The van der Waals surface area contributed by atoms with Crippen molar-refractivity contribution in [1.29, 1.82) is 0 Å². The molecule has 0 saturated heterocycles. The molecule has 1 unspecified atom stereocenters. The summed E-state index contributed by atoms with van der Waals surface area (Å²) in [6, 6.07) is 0.0947. The third kappa shape index (κ3) is 4.61. The molecule has 4 aliphatic carbocycles. The Morgan fingerprint density at radius 3 is 2.47 bits per heavy atom. The topological polar surface area (TPSA) is 46.2 Å². The number of sulfonamides is 1. The van der Waals surface area contributed by atoms with Crippen molar-refractivity contribution in [1.82, 2.24) is 4.72 Å². The van der Waals surface area contributed by atoms with Crippen molar-refractivity contribution < 1.29 is 8.42 Å². The number of rotatable bonds is 7. The molecule has 184 valence electrons. The molecule has 32 heavy (non-hydrogen) atoms. The van der Waals surface area contributed by atoms with Crippen LogP contribution < -0.4 is 4.72 Å². The van der Waals surface area contributed by atoms with Gasteiger partial charge in [0.25, 0.3) is 0 Å². The van der Waals surface area contributed by atoms with Crippen molar-refractivity contribution in [3.05, 3.63) is 11.6 Å². The molecule has 0 amide bonds. The molecule has 0 heterocycles. The summed E-state index contributed by atoms with van der Waals surface area (Å²) in [6.07, 6.45) is 18.0. The standard InChI is InChI=1S/C28H49NO2S/c1-19(2)8-7-9-20(3)24-12-13-25-23-11-10-21-18-22(29-32(6,30)31)14-16-27(21,4)26(23)15-17-28(24,25)5/h10,19-20,22-26,29H,7-9,11-18H2,1-6H3/t20-,22+,23+,24-,25+,26?,27+,28-/m1/s1. The first kappa shape index (κ1) is 24.8. The molecule has 0 radical (unpaired) electrons. The maximum absolute atomic E-state index is 11.8. The normalized spacial score (nSPS) is 42.7. The Labute approximate surface area is 198 Å². The highest BCUT2D eigenvalue weighted by molar-refractivity contribution is 7.88. The lowest BCUT2D eigenvalue weighted by molar-refractivity contribution is -0.0511. The van der Waals surface area contributed by atoms with E-state index in [1.165, 1.54) is 57.6 Å². The molecule has 0 aromatic rings. The lowest BCUT2D eigenvalue weighted by Gasteiger charge is -2.58. The summed E-state index contributed by atoms with van der Waals surface area (Å²) in [5.41, 5.74) is 2.39. The van der Waals surface area contributed by atoms with Gasteiger partial charge in [0.2, 0.25) is 10.0 Å². The zero-order valence-electron chi connectivity index (χ0n) is 21.6. The summed E-state index contributed by atoms with van der Waals surface area (Å²) in [5.74, 6) is 5.14. The van der Waals surface area contributed by atoms with E-state index in [-0.39, 0.29) is 6.04 Å². The lowest BCUT2D eigenvalue weighted by atomic mass is 9.47. The van der Waals surface area contributed by atoms with Crippen LogP contribution in [0.25, 0.3) is 0 Å². The highest BCUT2D eigenvalue weighted by Crippen LogP contribution is 2.67. The summed E-state index contributed by atoms with van der Waals surface area (Å²) >= 11 is 0. The number of hydrogen-bond donors (Lipinski definition) is 1. The van der Waals surface area contributed by atoms with Crippen LogP contribution in [0, 0.1) is 46.3 Å². The summed E-state index contributed by atoms with van der Waals surface area (Å²) in [7, 11) is -3.13. The molecule has 3 saturated carbocycles. The summed E-state index contributed by atoms with van der Waals surface area (Å²) in [6.45, 7) is 12.5. The first-order valence-corrected chi connectivity index (χ1v) is 15.5. The van der Waals surface area contributed by atoms with Crippen LogP contribution in [0.1, 0.15) is 105 Å². The predicted molar refractivity (Wildman–Crippen MR) is 135 cm³/mol. The second-order valence-electron chi connectivity index (χ2n) is 13.1. The molecular formula is C28H49NO2S. The Balaban J connectivity index is 1.47. The van der Waals surface area contributed by atoms with Crippen LogP contribution in [0.5, 0.6) is 0 Å². The van der Waals surface area contributed by atoms with Crippen molar-refractivity contribution in [2.45, 2.75) is 111 Å². The largest absolute Gasteiger partial charge is 0.213 e. The van der Waals surface area contributed by atoms with E-state index < -0.39 is 10.0 Å². The Morgan fingerprint density at radius 2 is 1.78 bits per heavy atom. The van der Waals surface area contributed by atoms with Crippen molar-refractivity contribution in [2.75, 3.05) is 6.26 Å². The Morgan fingerprint density at radius 1 is 1.03 bits per heavy atom. The van der Waals surface area contributed by atoms with Gasteiger partial charge in [-0.25, -0.2) is 13.1 Å². The number of fused-ring (bicyclic) bond motifs is 5. The van der Waals surface area contributed by atoms with Gasteiger partial charge in [-0.1, -0.05) is 65.5 Å². The van der Waals surface area contributed by atoms with Crippen molar-refractivity contribution in [3.63, 3.8) is 0 Å². The summed E-state index contributed by atoms with van der Waals surface area (Å²) < 4.78 is 26.5. The summed E-state index contributed by atoms with van der Waals surface area (Å²) in [4.78, 5) is 0. The second-order valence-corrected chi connectivity index (χ2v) is 14.9. The van der Waals surface area contributed by atoms with Gasteiger partial charge < -0.3 is 0 Å². The van der Waals surface area contributed by atoms with Gasteiger partial charge in [-0.15, -0.1) is 0 Å². The molecule has 4 rings (SSSR count). The molecule has 0 aliphatic heterocycles. The van der Waals surface area contributed by atoms with Gasteiger partial charge in [0, 0.05) is 6.04 Å². The minimum atomic E-state index is -3.13. The molecule has 0 spiro atoms. The molecule has 4 heteroatoms. The third-order valence-electron chi connectivity index (χ3n) is 10.7. The average Bonchev–Trinajstić information content (AvgIpc) is 3.04. The smallest absolute Gasteiger partial charge is 0.208 e. The van der Waals surface area contributed by atoms with Crippen LogP contribution in [0.2, 0.25) is 0 Å². The first-order chi connectivity index (χ1) is 14.9. The van der Waals surface area contributed by atoms with Gasteiger partial charge in [-0.2, -0.15) is 0 Å². The number of hydrogen-bond acceptors (Lipinski definition) is 2. The maximum atomic E-state index is 11.8. The number of allylic oxidation sites excluding steroid dienone is 1. The Kier molecular flexibility index (Phi) is 6.98. The lowest BCUT2D eigenvalue weighted by Crippen LogP contribution is -2.52. The monoisotopic (exact) mass is 463 g/mol. The zero-order chi connectivity index (χ0) is 23.3. The third-order valence-corrected chi connectivity index (χ3v) is 11.4. The van der Waals surface area contributed by atoms with Crippen molar-refractivity contribution in [3.8, 4) is 0 Å². The van der Waals surface area contributed by atoms with E-state index in [1.807, 2.05) is 0 Å². The fraction of sp³-hybridized carbons (Fsp3) is 0.929. The van der Waals surface area contributed by atoms with E-state index in [0.717, 1.165) is 54.8 Å². The van der Waals surface area contributed by atoms with E-state index in [1.54, 1.807) is 5.57 Å². The van der Waals surface area contributed by atoms with Crippen LogP contribution in [-0.4, -0.2) is 20.7 Å². The molecule has 1 N–H and O–H groups in total. The van der Waals surface area contributed by atoms with Gasteiger partial charge in [-0.3, -0.25) is 0 Å². The van der Waals surface area contributed by atoms with Crippen molar-refractivity contribution in [2.24, 2.45) is 46.3 Å². The van der Waals surface area contributed by atoms with Gasteiger partial charge >= 0.3 is 0 Å². The molecule has 8 atom stereocenters. The van der Waals surface area contributed by atoms with Gasteiger partial charge in [0.15, 0.2) is 0 Å². The fourth-order valence-electron chi connectivity index (χ4n) is 9.09. The van der Waals surface area contributed by atoms with E-state index in [9.17, 15) is 8.42 Å². The SMILES string of the molecule is CC(C)CCC[C@@H](C)[C@H]1CC[C@H]2[C@@H]3CC=C4C[C@@H](NS(C)(=O)=O)CC[C@]4(C)C3CC[C@]12C.